The molecule has 26 heavy (non-hydrogen) atoms. The first-order valence-corrected chi connectivity index (χ1v) is 9.40. The van der Waals surface area contributed by atoms with Crippen LogP contribution in [0.3, 0.4) is 0 Å². The topological polar surface area (TPSA) is 125 Å². The zero-order valence-corrected chi connectivity index (χ0v) is 16.2. The smallest absolute Gasteiger partial charge is 0.317 e. The fourth-order valence-corrected chi connectivity index (χ4v) is 3.30. The number of aromatic nitrogens is 2. The lowest BCUT2D eigenvalue weighted by atomic mass is 9.90. The number of carbonyl (C=O) groups excluding carboxylic acids is 2. The molecule has 0 spiro atoms. The second-order valence-electron chi connectivity index (χ2n) is 6.91. The van der Waals surface area contributed by atoms with E-state index in [0.29, 0.717) is 18.1 Å². The summed E-state index contributed by atoms with van der Waals surface area (Å²) in [4.78, 5) is 37.5. The lowest BCUT2D eigenvalue weighted by Gasteiger charge is -2.25. The Morgan fingerprint density at radius 3 is 2.58 bits per heavy atom. The number of hydrogen-bond acceptors (Lipinski definition) is 6. The predicted molar refractivity (Wildman–Crippen MR) is 97.0 cm³/mol. The number of aliphatic carboxylic acids is 1. The number of carboxylic acid groups (broad SMARTS) is 1. The summed E-state index contributed by atoms with van der Waals surface area (Å²) in [6.07, 6.45) is 1.16. The molecule has 3 unspecified atom stereocenters. The number of nitrogens with one attached hydrogen (secondary N) is 2. The Balaban J connectivity index is 1.87. The Kier molecular flexibility index (Phi) is 6.17. The van der Waals surface area contributed by atoms with E-state index >= 15 is 0 Å². The molecule has 10 heteroatoms. The van der Waals surface area contributed by atoms with Crippen LogP contribution in [-0.4, -0.2) is 57.2 Å². The van der Waals surface area contributed by atoms with Gasteiger partial charge >= 0.3 is 12.0 Å². The van der Waals surface area contributed by atoms with Gasteiger partial charge in [-0.3, -0.25) is 9.59 Å². The van der Waals surface area contributed by atoms with Gasteiger partial charge in [0.2, 0.25) is 11.0 Å². The molecular formula is C16H25N5O4S. The molecule has 2 heterocycles. The van der Waals surface area contributed by atoms with Gasteiger partial charge in [-0.2, -0.15) is 0 Å². The van der Waals surface area contributed by atoms with Crippen molar-refractivity contribution in [2.24, 2.45) is 11.3 Å². The first-order chi connectivity index (χ1) is 12.2. The monoisotopic (exact) mass is 383 g/mol. The average Bonchev–Trinajstić information content (AvgIpc) is 3.21. The van der Waals surface area contributed by atoms with Gasteiger partial charge in [-0.05, 0) is 26.7 Å². The molecule has 0 radical (unpaired) electrons. The van der Waals surface area contributed by atoms with E-state index in [-0.39, 0.29) is 18.5 Å². The highest BCUT2D eigenvalue weighted by Gasteiger charge is 2.42. The highest BCUT2D eigenvalue weighted by molar-refractivity contribution is 7.15. The van der Waals surface area contributed by atoms with Crippen LogP contribution in [0.4, 0.5) is 9.93 Å². The van der Waals surface area contributed by atoms with Gasteiger partial charge in [0.1, 0.15) is 5.01 Å². The van der Waals surface area contributed by atoms with Crippen molar-refractivity contribution in [1.29, 1.82) is 0 Å². The van der Waals surface area contributed by atoms with E-state index in [4.69, 9.17) is 0 Å². The number of hydrogen-bond donors (Lipinski definition) is 3. The van der Waals surface area contributed by atoms with Crippen molar-refractivity contribution in [3.05, 3.63) is 5.01 Å². The number of anilines is 1. The van der Waals surface area contributed by atoms with Gasteiger partial charge in [-0.15, -0.1) is 10.2 Å². The van der Waals surface area contributed by atoms with Crippen LogP contribution in [0.25, 0.3) is 0 Å². The number of urea groups is 1. The lowest BCUT2D eigenvalue weighted by molar-refractivity contribution is -0.147. The average molecular weight is 383 g/mol. The minimum Gasteiger partial charge on any atom is -0.481 e. The maximum absolute atomic E-state index is 12.4. The van der Waals surface area contributed by atoms with Crippen molar-refractivity contribution in [2.45, 2.75) is 46.6 Å². The van der Waals surface area contributed by atoms with Crippen molar-refractivity contribution in [3.63, 3.8) is 0 Å². The van der Waals surface area contributed by atoms with Gasteiger partial charge in [0.05, 0.1) is 11.3 Å². The van der Waals surface area contributed by atoms with Crippen LogP contribution in [0.15, 0.2) is 0 Å². The van der Waals surface area contributed by atoms with Crippen LogP contribution < -0.4 is 10.6 Å². The normalized spacial score (nSPS) is 21.9. The van der Waals surface area contributed by atoms with E-state index in [1.54, 1.807) is 20.8 Å². The van der Waals surface area contributed by atoms with Crippen LogP contribution in [0, 0.1) is 11.3 Å². The zero-order valence-electron chi connectivity index (χ0n) is 15.4. The van der Waals surface area contributed by atoms with Crippen LogP contribution in [0.5, 0.6) is 0 Å². The SMILES string of the molecule is CCc1nnc(NC(=O)C(C)C(C)NC(=O)N2CCC(C)(C(=O)O)C2)s1. The molecule has 1 fully saturated rings. The van der Waals surface area contributed by atoms with Crippen molar-refractivity contribution in [3.8, 4) is 0 Å². The van der Waals surface area contributed by atoms with Crippen molar-refractivity contribution in [2.75, 3.05) is 18.4 Å². The molecule has 3 N–H and O–H groups in total. The van der Waals surface area contributed by atoms with Gasteiger partial charge in [-0.25, -0.2) is 4.79 Å². The highest BCUT2D eigenvalue weighted by Crippen LogP contribution is 2.30. The lowest BCUT2D eigenvalue weighted by Crippen LogP contribution is -2.48. The van der Waals surface area contributed by atoms with E-state index in [1.807, 2.05) is 6.92 Å². The van der Waals surface area contributed by atoms with Crippen molar-refractivity contribution >= 4 is 34.4 Å². The largest absolute Gasteiger partial charge is 0.481 e. The Morgan fingerprint density at radius 2 is 2.04 bits per heavy atom. The molecule has 1 aromatic heterocycles. The van der Waals surface area contributed by atoms with E-state index in [1.165, 1.54) is 16.2 Å². The summed E-state index contributed by atoms with van der Waals surface area (Å²) < 4.78 is 0. The van der Waals surface area contributed by atoms with Crippen LogP contribution in [0.2, 0.25) is 0 Å². The Labute approximate surface area is 156 Å². The number of aryl methyl sites for hydroxylation is 1. The maximum Gasteiger partial charge on any atom is 0.317 e. The van der Waals surface area contributed by atoms with E-state index in [0.717, 1.165) is 11.4 Å². The van der Waals surface area contributed by atoms with E-state index in [9.17, 15) is 19.5 Å². The molecule has 2 rings (SSSR count). The number of rotatable bonds is 6. The van der Waals surface area contributed by atoms with Gasteiger partial charge < -0.3 is 20.6 Å². The third-order valence-electron chi connectivity index (χ3n) is 4.79. The Morgan fingerprint density at radius 1 is 1.35 bits per heavy atom. The molecule has 3 atom stereocenters. The Hall–Kier alpha value is -2.23. The first kappa shape index (κ1) is 20.1. The molecule has 1 aromatic rings. The molecule has 0 aromatic carbocycles. The molecular weight excluding hydrogens is 358 g/mol. The van der Waals surface area contributed by atoms with Crippen LogP contribution in [0.1, 0.15) is 39.1 Å². The second kappa shape index (κ2) is 7.98. The molecule has 3 amide bonds. The molecule has 1 aliphatic heterocycles. The quantitative estimate of drug-likeness (QED) is 0.685. The first-order valence-electron chi connectivity index (χ1n) is 8.58. The van der Waals surface area contributed by atoms with E-state index < -0.39 is 23.3 Å². The van der Waals surface area contributed by atoms with Gasteiger partial charge in [0, 0.05) is 19.1 Å². The highest BCUT2D eigenvalue weighted by atomic mass is 32.1. The van der Waals surface area contributed by atoms with Crippen LogP contribution >= 0.6 is 11.3 Å². The molecule has 144 valence electrons. The zero-order chi connectivity index (χ0) is 19.5. The second-order valence-corrected chi connectivity index (χ2v) is 7.97. The third-order valence-corrected chi connectivity index (χ3v) is 5.77. The van der Waals surface area contributed by atoms with Gasteiger partial charge in [0.25, 0.3) is 0 Å². The summed E-state index contributed by atoms with van der Waals surface area (Å²) >= 11 is 1.32. The molecule has 1 saturated heterocycles. The van der Waals surface area contributed by atoms with Crippen LogP contribution in [-0.2, 0) is 16.0 Å². The minimum absolute atomic E-state index is 0.159. The summed E-state index contributed by atoms with van der Waals surface area (Å²) in [5.41, 5.74) is -0.918. The summed E-state index contributed by atoms with van der Waals surface area (Å²) in [5.74, 6) is -1.65. The molecule has 0 aliphatic carbocycles. The molecule has 0 saturated carbocycles. The van der Waals surface area contributed by atoms with Gasteiger partial charge in [-0.1, -0.05) is 25.2 Å². The molecule has 9 nitrogen and oxygen atoms in total. The summed E-state index contributed by atoms with van der Waals surface area (Å²) in [6.45, 7) is 7.59. The summed E-state index contributed by atoms with van der Waals surface area (Å²) in [6, 6.07) is -0.774. The van der Waals surface area contributed by atoms with E-state index in [2.05, 4.69) is 20.8 Å². The predicted octanol–water partition coefficient (Wildman–Crippen LogP) is 1.57. The fraction of sp³-hybridized carbons (Fsp3) is 0.688. The summed E-state index contributed by atoms with van der Waals surface area (Å²) in [5, 5.41) is 23.9. The number of nitrogens with zero attached hydrogens (tertiary/aromatic N) is 3. The Bertz CT molecular complexity index is 694. The minimum atomic E-state index is -0.918. The third kappa shape index (κ3) is 4.48. The van der Waals surface area contributed by atoms with Gasteiger partial charge in [0.15, 0.2) is 0 Å². The number of carboxylic acids is 1. The maximum atomic E-state index is 12.4. The standard InChI is InChI=1S/C16H25N5O4S/c1-5-11-19-20-14(26-11)18-12(22)9(2)10(3)17-15(25)21-7-6-16(4,8-21)13(23)24/h9-10H,5-8H2,1-4H3,(H,17,25)(H,23,24)(H,18,20,22). The fourth-order valence-electron chi connectivity index (χ4n) is 2.61. The number of carbonyl (C=O) groups is 3. The molecule has 0 bridgehead atoms. The van der Waals surface area contributed by atoms with Crippen molar-refractivity contribution in [1.82, 2.24) is 20.4 Å². The molecule has 1 aliphatic rings. The summed E-state index contributed by atoms with van der Waals surface area (Å²) in [7, 11) is 0. The van der Waals surface area contributed by atoms with Crippen molar-refractivity contribution < 1.29 is 19.5 Å². The number of likely N-dealkylation sites (tertiary alicyclic amines) is 1. The number of amides is 3.